The zero-order chi connectivity index (χ0) is 23.2. The van der Waals surface area contributed by atoms with Crippen LogP contribution in [-0.4, -0.2) is 38.0 Å². The van der Waals surface area contributed by atoms with Crippen molar-refractivity contribution in [1.82, 2.24) is 4.98 Å². The Morgan fingerprint density at radius 1 is 0.824 bits per heavy atom. The minimum absolute atomic E-state index is 0. The minimum atomic E-state index is 0. The van der Waals surface area contributed by atoms with Crippen molar-refractivity contribution < 1.29 is 14.0 Å². The Hall–Kier alpha value is -2.18. The summed E-state index contributed by atoms with van der Waals surface area (Å²) in [7, 11) is 0. The molecule has 0 radical (unpaired) electrons. The summed E-state index contributed by atoms with van der Waals surface area (Å²) in [5, 5.41) is 3.53. The molecule has 34 heavy (non-hydrogen) atoms. The first-order chi connectivity index (χ1) is 16.4. The van der Waals surface area contributed by atoms with Crippen LogP contribution >= 0.6 is 12.4 Å². The van der Waals surface area contributed by atoms with E-state index in [1.807, 2.05) is 18.5 Å². The van der Waals surface area contributed by atoms with Crippen LogP contribution in [0.15, 0.2) is 54.2 Å². The van der Waals surface area contributed by atoms with Gasteiger partial charge < -0.3 is 9.47 Å². The fraction of sp³-hybridized carbons (Fsp3) is 0.615. The molecule has 0 spiro atoms. The average Bonchev–Trinajstić information content (AvgIpc) is 2.85. The van der Waals surface area contributed by atoms with E-state index in [2.05, 4.69) is 50.2 Å². The molecule has 0 saturated carbocycles. The van der Waals surface area contributed by atoms with Crippen LogP contribution in [0.1, 0.15) is 62.5 Å². The fourth-order valence-electron chi connectivity index (χ4n) is 3.65. The molecule has 0 aromatic carbocycles. The minimum Gasteiger partial charge on any atom is -0.381 e. The average molecular weight is 491 g/mol. The van der Waals surface area contributed by atoms with Crippen molar-refractivity contribution >= 4 is 12.4 Å². The molecular formula is C26H41ClN5O2+. The van der Waals surface area contributed by atoms with Gasteiger partial charge in [-0.15, -0.1) is 12.4 Å². The number of rotatable bonds is 20. The van der Waals surface area contributed by atoms with Crippen molar-refractivity contribution in [1.29, 1.82) is 0 Å². The summed E-state index contributed by atoms with van der Waals surface area (Å²) in [6.45, 7) is 4.85. The lowest BCUT2D eigenvalue weighted by molar-refractivity contribution is -0.697. The molecule has 2 aromatic rings. The summed E-state index contributed by atoms with van der Waals surface area (Å²) in [5.41, 5.74) is 10.9. The first kappa shape index (κ1) is 29.9. The molecule has 7 nitrogen and oxygen atoms in total. The van der Waals surface area contributed by atoms with Crippen molar-refractivity contribution in [3.8, 4) is 0 Å². The fourth-order valence-corrected chi connectivity index (χ4v) is 3.65. The third-order valence-electron chi connectivity index (χ3n) is 5.47. The summed E-state index contributed by atoms with van der Waals surface area (Å²) in [5.74, 6) is 0. The standard InChI is InChI=1S/C26H40N5O2.ClH/c27-30-29-16-3-6-20-33-22-10-14-26-12-8-18-31(24-26)17-4-1-2-5-19-32-21-9-13-25-11-7-15-28-23-25;/h7-8,11-12,15,18,23-24H,1-6,9-10,13-14,16-17,19-22H2;1H/q+1;. The molecule has 2 heterocycles. The van der Waals surface area contributed by atoms with Crippen molar-refractivity contribution in [2.24, 2.45) is 5.11 Å². The van der Waals surface area contributed by atoms with Gasteiger partial charge in [0.2, 0.25) is 0 Å². The van der Waals surface area contributed by atoms with E-state index in [0.29, 0.717) is 6.54 Å². The summed E-state index contributed by atoms with van der Waals surface area (Å²) < 4.78 is 13.7. The van der Waals surface area contributed by atoms with Gasteiger partial charge in [-0.3, -0.25) is 4.98 Å². The lowest BCUT2D eigenvalue weighted by atomic mass is 10.1. The Kier molecular flexibility index (Phi) is 18.8. The van der Waals surface area contributed by atoms with E-state index < -0.39 is 0 Å². The lowest BCUT2D eigenvalue weighted by Crippen LogP contribution is -2.33. The molecule has 0 bridgehead atoms. The molecule has 0 saturated heterocycles. The number of unbranched alkanes of at least 4 members (excludes halogenated alkanes) is 4. The first-order valence-corrected chi connectivity index (χ1v) is 12.4. The molecule has 0 N–H and O–H groups in total. The predicted molar refractivity (Wildman–Crippen MR) is 138 cm³/mol. The molecule has 0 aliphatic carbocycles. The number of ether oxygens (including phenoxy) is 2. The highest BCUT2D eigenvalue weighted by Gasteiger charge is 2.03. The molecule has 0 amide bonds. The third-order valence-corrected chi connectivity index (χ3v) is 5.47. The largest absolute Gasteiger partial charge is 0.381 e. The Balaban J connectivity index is 0.00000578. The number of aryl methyl sites for hydroxylation is 3. The molecule has 2 rings (SSSR count). The summed E-state index contributed by atoms with van der Waals surface area (Å²) >= 11 is 0. The summed E-state index contributed by atoms with van der Waals surface area (Å²) in [6, 6.07) is 8.45. The van der Waals surface area contributed by atoms with E-state index in [4.69, 9.17) is 15.0 Å². The van der Waals surface area contributed by atoms with E-state index in [1.54, 1.807) is 0 Å². The van der Waals surface area contributed by atoms with Gasteiger partial charge in [0.05, 0.1) is 0 Å². The number of pyridine rings is 2. The van der Waals surface area contributed by atoms with E-state index in [1.165, 1.54) is 30.4 Å². The Bertz CT molecular complexity index is 788. The second-order valence-electron chi connectivity index (χ2n) is 8.32. The van der Waals surface area contributed by atoms with Crippen LogP contribution in [0.25, 0.3) is 10.4 Å². The first-order valence-electron chi connectivity index (χ1n) is 12.4. The zero-order valence-electron chi connectivity index (χ0n) is 20.4. The maximum absolute atomic E-state index is 8.23. The molecule has 0 atom stereocenters. The van der Waals surface area contributed by atoms with Crippen molar-refractivity contribution in [2.45, 2.75) is 70.8 Å². The van der Waals surface area contributed by atoms with E-state index in [-0.39, 0.29) is 12.4 Å². The molecule has 0 aliphatic rings. The Morgan fingerprint density at radius 2 is 1.50 bits per heavy atom. The number of hydrogen-bond donors (Lipinski definition) is 0. The van der Waals surface area contributed by atoms with Gasteiger partial charge in [0.25, 0.3) is 0 Å². The summed E-state index contributed by atoms with van der Waals surface area (Å²) in [4.78, 5) is 6.89. The topological polar surface area (TPSA) is 84.0 Å². The maximum Gasteiger partial charge on any atom is 0.171 e. The molecule has 0 unspecified atom stereocenters. The molecule has 8 heteroatoms. The van der Waals surface area contributed by atoms with E-state index in [9.17, 15) is 0 Å². The smallest absolute Gasteiger partial charge is 0.171 e. The SMILES string of the molecule is Cl.[N-]=[N+]=NCCCCOCCCc1ccc[n+](CCCCCCOCCCc2cccnc2)c1. The zero-order valence-corrected chi connectivity index (χ0v) is 21.2. The number of hydrogen-bond acceptors (Lipinski definition) is 4. The van der Waals surface area contributed by atoms with Crippen LogP contribution < -0.4 is 4.57 Å². The highest BCUT2D eigenvalue weighted by Crippen LogP contribution is 2.04. The van der Waals surface area contributed by atoms with Crippen LogP contribution in [-0.2, 0) is 28.9 Å². The Morgan fingerprint density at radius 3 is 2.24 bits per heavy atom. The molecular weight excluding hydrogens is 450 g/mol. The second-order valence-corrected chi connectivity index (χ2v) is 8.32. The van der Waals surface area contributed by atoms with Gasteiger partial charge in [-0.25, -0.2) is 4.57 Å². The molecule has 0 aliphatic heterocycles. The number of halogens is 1. The van der Waals surface area contributed by atoms with Crippen molar-refractivity contribution in [3.05, 3.63) is 70.6 Å². The number of aromatic nitrogens is 2. The van der Waals surface area contributed by atoms with Gasteiger partial charge in [-0.05, 0) is 74.6 Å². The predicted octanol–water partition coefficient (Wildman–Crippen LogP) is 6.04. The van der Waals surface area contributed by atoms with Gasteiger partial charge in [-0.1, -0.05) is 17.6 Å². The van der Waals surface area contributed by atoms with Crippen LogP contribution in [0.3, 0.4) is 0 Å². The number of nitrogens with zero attached hydrogens (tertiary/aromatic N) is 5. The van der Waals surface area contributed by atoms with Gasteiger partial charge >= 0.3 is 0 Å². The molecule has 2 aromatic heterocycles. The lowest BCUT2D eigenvalue weighted by Gasteiger charge is -2.05. The Labute approximate surface area is 210 Å². The van der Waals surface area contributed by atoms with E-state index >= 15 is 0 Å². The summed E-state index contributed by atoms with van der Waals surface area (Å²) in [6.07, 6.45) is 19.0. The van der Waals surface area contributed by atoms with Crippen LogP contribution in [0.4, 0.5) is 0 Å². The maximum atomic E-state index is 8.23. The van der Waals surface area contributed by atoms with Gasteiger partial charge in [-0.2, -0.15) is 0 Å². The molecule has 188 valence electrons. The van der Waals surface area contributed by atoms with Crippen molar-refractivity contribution in [3.63, 3.8) is 0 Å². The number of azide groups is 1. The van der Waals surface area contributed by atoms with Gasteiger partial charge in [0.1, 0.15) is 6.54 Å². The molecule has 0 fully saturated rings. The quantitative estimate of drug-likeness (QED) is 0.0745. The van der Waals surface area contributed by atoms with E-state index in [0.717, 1.165) is 77.9 Å². The van der Waals surface area contributed by atoms with Crippen LogP contribution in [0.2, 0.25) is 0 Å². The van der Waals surface area contributed by atoms with Crippen molar-refractivity contribution in [2.75, 3.05) is 33.0 Å². The third kappa shape index (κ3) is 15.6. The highest BCUT2D eigenvalue weighted by molar-refractivity contribution is 5.85. The van der Waals surface area contributed by atoms with Crippen LogP contribution in [0.5, 0.6) is 0 Å². The van der Waals surface area contributed by atoms with Crippen LogP contribution in [0, 0.1) is 0 Å². The second kappa shape index (κ2) is 21.4. The van der Waals surface area contributed by atoms with Gasteiger partial charge in [0, 0.05) is 68.3 Å². The van der Waals surface area contributed by atoms with Gasteiger partial charge in [0.15, 0.2) is 12.4 Å². The monoisotopic (exact) mass is 490 g/mol. The highest BCUT2D eigenvalue weighted by atomic mass is 35.5. The normalized spacial score (nSPS) is 10.5.